The van der Waals surface area contributed by atoms with Crippen LogP contribution in [0.1, 0.15) is 19.8 Å². The molecule has 1 heterocycles. The van der Waals surface area contributed by atoms with Crippen LogP contribution in [0.15, 0.2) is 11.8 Å². The zero-order chi connectivity index (χ0) is 8.97. The third-order valence-electron chi connectivity index (χ3n) is 2.13. The molecule has 0 aliphatic carbocycles. The van der Waals surface area contributed by atoms with E-state index in [1.807, 2.05) is 6.92 Å². The second kappa shape index (κ2) is 4.14. The minimum atomic E-state index is -0.264. The van der Waals surface area contributed by atoms with Crippen LogP contribution in [0.25, 0.3) is 0 Å². The van der Waals surface area contributed by atoms with E-state index >= 15 is 0 Å². The van der Waals surface area contributed by atoms with Crippen molar-refractivity contribution >= 4 is 5.97 Å². The lowest BCUT2D eigenvalue weighted by molar-refractivity contribution is -0.134. The summed E-state index contributed by atoms with van der Waals surface area (Å²) in [5, 5.41) is 0. The molecule has 0 atom stereocenters. The summed E-state index contributed by atoms with van der Waals surface area (Å²) in [7, 11) is 1.40. The molecule has 0 bridgehead atoms. The molecule has 0 aromatic heterocycles. The molecule has 68 valence electrons. The average Bonchev–Trinajstić information content (AvgIpc) is 2.56. The van der Waals surface area contributed by atoms with Crippen molar-refractivity contribution in [3.05, 3.63) is 11.8 Å². The second-order valence-electron chi connectivity index (χ2n) is 3.00. The number of hydrogen-bond acceptors (Lipinski definition) is 3. The molecule has 12 heavy (non-hydrogen) atoms. The molecular formula is C9H15NO2. The Hall–Kier alpha value is -0.990. The highest BCUT2D eigenvalue weighted by atomic mass is 16.5. The molecule has 1 saturated heterocycles. The third-order valence-corrected chi connectivity index (χ3v) is 2.13. The highest BCUT2D eigenvalue weighted by Crippen LogP contribution is 2.13. The van der Waals surface area contributed by atoms with Crippen molar-refractivity contribution < 1.29 is 9.53 Å². The first kappa shape index (κ1) is 9.10. The predicted molar refractivity (Wildman–Crippen MR) is 46.6 cm³/mol. The topological polar surface area (TPSA) is 29.5 Å². The van der Waals surface area contributed by atoms with Gasteiger partial charge in [0, 0.05) is 24.9 Å². The fourth-order valence-corrected chi connectivity index (χ4v) is 1.39. The molecule has 1 aliphatic heterocycles. The van der Waals surface area contributed by atoms with Crippen molar-refractivity contribution in [1.29, 1.82) is 0 Å². The van der Waals surface area contributed by atoms with Gasteiger partial charge in [0.1, 0.15) is 0 Å². The Labute approximate surface area is 73.0 Å². The van der Waals surface area contributed by atoms with Gasteiger partial charge in [-0.2, -0.15) is 0 Å². The quantitative estimate of drug-likeness (QED) is 0.459. The number of methoxy groups -OCH3 is 1. The number of nitrogens with zero attached hydrogens (tertiary/aromatic N) is 1. The number of likely N-dealkylation sites (tertiary alicyclic amines) is 1. The van der Waals surface area contributed by atoms with Gasteiger partial charge in [0.25, 0.3) is 0 Å². The predicted octanol–water partition coefficient (Wildman–Crippen LogP) is 1.16. The van der Waals surface area contributed by atoms with Gasteiger partial charge in [-0.25, -0.2) is 4.79 Å². The van der Waals surface area contributed by atoms with Crippen LogP contribution in [0.4, 0.5) is 0 Å². The maximum atomic E-state index is 10.9. The number of ether oxygens (including phenoxy) is 1. The van der Waals surface area contributed by atoms with Crippen LogP contribution >= 0.6 is 0 Å². The molecule has 0 aromatic rings. The van der Waals surface area contributed by atoms with E-state index in [9.17, 15) is 4.79 Å². The monoisotopic (exact) mass is 169 g/mol. The molecule has 0 amide bonds. The molecule has 1 aliphatic rings. The Kier molecular flexibility index (Phi) is 3.14. The van der Waals surface area contributed by atoms with Crippen LogP contribution in [-0.2, 0) is 9.53 Å². The Morgan fingerprint density at radius 1 is 1.42 bits per heavy atom. The summed E-state index contributed by atoms with van der Waals surface area (Å²) < 4.78 is 4.54. The fraction of sp³-hybridized carbons (Fsp3) is 0.667. The lowest BCUT2D eigenvalue weighted by Gasteiger charge is -2.17. The van der Waals surface area contributed by atoms with Crippen LogP contribution in [-0.4, -0.2) is 31.1 Å². The fourth-order valence-electron chi connectivity index (χ4n) is 1.39. The van der Waals surface area contributed by atoms with Gasteiger partial charge in [-0.15, -0.1) is 0 Å². The SMILES string of the molecule is COC(=O)/C=C(/C)N1CCCC1. The Morgan fingerprint density at radius 3 is 2.50 bits per heavy atom. The summed E-state index contributed by atoms with van der Waals surface area (Å²) in [6.45, 7) is 4.08. The smallest absolute Gasteiger partial charge is 0.332 e. The summed E-state index contributed by atoms with van der Waals surface area (Å²) in [4.78, 5) is 13.1. The van der Waals surface area contributed by atoms with Crippen molar-refractivity contribution in [3.8, 4) is 0 Å². The van der Waals surface area contributed by atoms with Gasteiger partial charge in [0.15, 0.2) is 0 Å². The van der Waals surface area contributed by atoms with E-state index in [0.29, 0.717) is 0 Å². The maximum Gasteiger partial charge on any atom is 0.332 e. The van der Waals surface area contributed by atoms with E-state index < -0.39 is 0 Å². The Bertz CT molecular complexity index is 193. The van der Waals surface area contributed by atoms with Crippen LogP contribution in [0.5, 0.6) is 0 Å². The number of allylic oxidation sites excluding steroid dienone is 1. The van der Waals surface area contributed by atoms with E-state index in [4.69, 9.17) is 0 Å². The molecule has 3 heteroatoms. The number of carbonyl (C=O) groups excluding carboxylic acids is 1. The van der Waals surface area contributed by atoms with E-state index in [1.54, 1.807) is 6.08 Å². The van der Waals surface area contributed by atoms with E-state index in [1.165, 1.54) is 20.0 Å². The van der Waals surface area contributed by atoms with Crippen LogP contribution < -0.4 is 0 Å². The van der Waals surface area contributed by atoms with Crippen LogP contribution in [0.2, 0.25) is 0 Å². The maximum absolute atomic E-state index is 10.9. The Balaban J connectivity index is 2.49. The van der Waals surface area contributed by atoms with Gasteiger partial charge in [-0.1, -0.05) is 0 Å². The standard InChI is InChI=1S/C9H15NO2/c1-8(7-9(11)12-2)10-5-3-4-6-10/h7H,3-6H2,1-2H3/b8-7-. The van der Waals surface area contributed by atoms with E-state index in [-0.39, 0.29) is 5.97 Å². The second-order valence-corrected chi connectivity index (χ2v) is 3.00. The first-order valence-corrected chi connectivity index (χ1v) is 4.25. The van der Waals surface area contributed by atoms with Gasteiger partial charge >= 0.3 is 5.97 Å². The van der Waals surface area contributed by atoms with Crippen LogP contribution in [0.3, 0.4) is 0 Å². The van der Waals surface area contributed by atoms with Crippen molar-refractivity contribution in [2.24, 2.45) is 0 Å². The number of esters is 1. The zero-order valence-electron chi connectivity index (χ0n) is 7.67. The highest BCUT2D eigenvalue weighted by Gasteiger charge is 2.12. The number of carbonyl (C=O) groups is 1. The Morgan fingerprint density at radius 2 is 2.00 bits per heavy atom. The van der Waals surface area contributed by atoms with Crippen LogP contribution in [0, 0.1) is 0 Å². The van der Waals surface area contributed by atoms with Gasteiger partial charge in [-0.3, -0.25) is 0 Å². The first-order chi connectivity index (χ1) is 5.74. The molecule has 0 aromatic carbocycles. The molecule has 1 rings (SSSR count). The molecule has 3 nitrogen and oxygen atoms in total. The van der Waals surface area contributed by atoms with Gasteiger partial charge in [0.2, 0.25) is 0 Å². The van der Waals surface area contributed by atoms with Gasteiger partial charge in [0.05, 0.1) is 7.11 Å². The zero-order valence-corrected chi connectivity index (χ0v) is 7.67. The lowest BCUT2D eigenvalue weighted by atomic mass is 10.4. The van der Waals surface area contributed by atoms with Crippen molar-refractivity contribution in [3.63, 3.8) is 0 Å². The molecule has 0 radical (unpaired) electrons. The van der Waals surface area contributed by atoms with Gasteiger partial charge < -0.3 is 9.64 Å². The first-order valence-electron chi connectivity index (χ1n) is 4.25. The minimum absolute atomic E-state index is 0.264. The molecule has 0 spiro atoms. The molecule has 1 fully saturated rings. The molecular weight excluding hydrogens is 154 g/mol. The lowest BCUT2D eigenvalue weighted by Crippen LogP contribution is -2.17. The van der Waals surface area contributed by atoms with Gasteiger partial charge in [-0.05, 0) is 19.8 Å². The summed E-state index contributed by atoms with van der Waals surface area (Å²) in [5.41, 5.74) is 1.01. The summed E-state index contributed by atoms with van der Waals surface area (Å²) in [5.74, 6) is -0.264. The third kappa shape index (κ3) is 2.26. The van der Waals surface area contributed by atoms with E-state index in [2.05, 4.69) is 9.64 Å². The minimum Gasteiger partial charge on any atom is -0.466 e. The summed E-state index contributed by atoms with van der Waals surface area (Å²) >= 11 is 0. The summed E-state index contributed by atoms with van der Waals surface area (Å²) in [6.07, 6.45) is 4.00. The number of hydrogen-bond donors (Lipinski definition) is 0. The summed E-state index contributed by atoms with van der Waals surface area (Å²) in [6, 6.07) is 0. The highest BCUT2D eigenvalue weighted by molar-refractivity contribution is 5.82. The normalized spacial score (nSPS) is 18.2. The van der Waals surface area contributed by atoms with Crippen molar-refractivity contribution in [1.82, 2.24) is 4.90 Å². The molecule has 0 saturated carbocycles. The van der Waals surface area contributed by atoms with Crippen molar-refractivity contribution in [2.75, 3.05) is 20.2 Å². The number of rotatable bonds is 2. The van der Waals surface area contributed by atoms with E-state index in [0.717, 1.165) is 18.8 Å². The largest absolute Gasteiger partial charge is 0.466 e. The van der Waals surface area contributed by atoms with Crippen molar-refractivity contribution in [2.45, 2.75) is 19.8 Å². The molecule has 0 N–H and O–H groups in total. The molecule has 0 unspecified atom stereocenters. The average molecular weight is 169 g/mol.